The molecule has 0 spiro atoms. The van der Waals surface area contributed by atoms with Crippen LogP contribution >= 0.6 is 0 Å². The van der Waals surface area contributed by atoms with E-state index in [1.54, 1.807) is 0 Å². The van der Waals surface area contributed by atoms with E-state index in [9.17, 15) is 0 Å². The summed E-state index contributed by atoms with van der Waals surface area (Å²) >= 11 is 0. The van der Waals surface area contributed by atoms with E-state index in [2.05, 4.69) is 289 Å². The molecule has 0 amide bonds. The maximum absolute atomic E-state index is 2.41. The minimum Gasteiger partial charge on any atom is -0.310 e. The monoisotopic (exact) mass is 902 g/mol. The first-order chi connectivity index (χ1) is 35.2. The number of aromatic nitrogens is 1. The van der Waals surface area contributed by atoms with Crippen molar-refractivity contribution in [3.05, 3.63) is 301 Å². The van der Waals surface area contributed by atoms with Crippen LogP contribution in [0.5, 0.6) is 0 Å². The van der Waals surface area contributed by atoms with Crippen LogP contribution in [0.1, 0.15) is 22.3 Å². The highest BCUT2D eigenvalue weighted by molar-refractivity contribution is 6.12. The van der Waals surface area contributed by atoms with Crippen molar-refractivity contribution in [2.75, 3.05) is 4.90 Å². The third kappa shape index (κ3) is 6.57. The molecule has 14 rings (SSSR count). The van der Waals surface area contributed by atoms with Crippen LogP contribution in [0.25, 0.3) is 82.4 Å². The lowest BCUT2D eigenvalue weighted by Gasteiger charge is -2.34. The molecule has 0 saturated heterocycles. The fourth-order valence-electron chi connectivity index (χ4n) is 11.7. The highest BCUT2D eigenvalue weighted by Gasteiger charge is 2.45. The molecular formula is C69H46N2. The Morgan fingerprint density at radius 1 is 0.282 bits per heavy atom. The van der Waals surface area contributed by atoms with Gasteiger partial charge in [0.15, 0.2) is 0 Å². The van der Waals surface area contributed by atoms with Gasteiger partial charge in [-0.1, -0.05) is 206 Å². The predicted octanol–water partition coefficient (Wildman–Crippen LogP) is 18.3. The average Bonchev–Trinajstić information content (AvgIpc) is 3.94. The molecule has 12 aromatic carbocycles. The maximum atomic E-state index is 2.41. The predicted molar refractivity (Wildman–Crippen MR) is 299 cm³/mol. The van der Waals surface area contributed by atoms with E-state index < -0.39 is 5.41 Å². The van der Waals surface area contributed by atoms with Gasteiger partial charge in [-0.05, 0) is 150 Å². The number of hydrogen-bond donors (Lipinski definition) is 0. The van der Waals surface area contributed by atoms with E-state index in [-0.39, 0.29) is 0 Å². The second-order valence-corrected chi connectivity index (χ2v) is 18.9. The molecule has 0 aliphatic heterocycles. The van der Waals surface area contributed by atoms with Crippen LogP contribution in [-0.2, 0) is 5.41 Å². The van der Waals surface area contributed by atoms with Crippen LogP contribution in [-0.4, -0.2) is 4.57 Å². The molecule has 0 radical (unpaired) electrons. The van der Waals surface area contributed by atoms with Crippen LogP contribution < -0.4 is 4.90 Å². The molecule has 1 aliphatic rings. The van der Waals surface area contributed by atoms with Gasteiger partial charge in [0.2, 0.25) is 0 Å². The Balaban J connectivity index is 0.873. The molecule has 0 atom stereocenters. The van der Waals surface area contributed by atoms with Crippen molar-refractivity contribution in [1.82, 2.24) is 4.57 Å². The van der Waals surface area contributed by atoms with Gasteiger partial charge in [-0.3, -0.25) is 0 Å². The normalized spacial score (nSPS) is 12.6. The summed E-state index contributed by atoms with van der Waals surface area (Å²) in [5, 5.41) is 7.34. The Labute approximate surface area is 413 Å². The molecule has 1 aromatic heterocycles. The number of hydrogen-bond acceptors (Lipinski definition) is 1. The van der Waals surface area contributed by atoms with Crippen LogP contribution in [0, 0.1) is 0 Å². The van der Waals surface area contributed by atoms with Gasteiger partial charge in [0.05, 0.1) is 16.4 Å². The lowest BCUT2D eigenvalue weighted by Crippen LogP contribution is -2.28. The van der Waals surface area contributed by atoms with Gasteiger partial charge in [-0.15, -0.1) is 0 Å². The first-order valence-electron chi connectivity index (χ1n) is 24.6. The minimum absolute atomic E-state index is 0.431. The third-order valence-electron chi connectivity index (χ3n) is 15.0. The summed E-state index contributed by atoms with van der Waals surface area (Å²) in [7, 11) is 0. The van der Waals surface area contributed by atoms with Crippen LogP contribution in [0.2, 0.25) is 0 Å². The molecule has 2 nitrogen and oxygen atoms in total. The topological polar surface area (TPSA) is 8.17 Å². The van der Waals surface area contributed by atoms with Gasteiger partial charge in [-0.2, -0.15) is 0 Å². The quantitative estimate of drug-likeness (QED) is 0.147. The van der Waals surface area contributed by atoms with Gasteiger partial charge < -0.3 is 9.47 Å². The fraction of sp³-hybridized carbons (Fsp3) is 0.0145. The Hall–Kier alpha value is -9.24. The Kier molecular flexibility index (Phi) is 9.47. The molecule has 2 heteroatoms. The van der Waals surface area contributed by atoms with Crippen molar-refractivity contribution in [3.63, 3.8) is 0 Å². The van der Waals surface area contributed by atoms with E-state index in [4.69, 9.17) is 0 Å². The number of benzene rings is 12. The number of nitrogens with zero attached hydrogens (tertiary/aromatic N) is 2. The molecular weight excluding hydrogens is 857 g/mol. The van der Waals surface area contributed by atoms with E-state index in [1.807, 2.05) is 0 Å². The molecule has 332 valence electrons. The van der Waals surface area contributed by atoms with Gasteiger partial charge in [0.1, 0.15) is 0 Å². The summed E-state index contributed by atoms with van der Waals surface area (Å²) in [6.07, 6.45) is 0. The van der Waals surface area contributed by atoms with E-state index in [1.165, 1.54) is 99.0 Å². The second kappa shape index (κ2) is 16.5. The molecule has 0 fully saturated rings. The van der Waals surface area contributed by atoms with Gasteiger partial charge in [0.25, 0.3) is 0 Å². The Bertz CT molecular complexity index is 4020. The molecule has 1 heterocycles. The van der Waals surface area contributed by atoms with Crippen molar-refractivity contribution in [3.8, 4) is 39.1 Å². The Morgan fingerprint density at radius 2 is 0.690 bits per heavy atom. The fourth-order valence-corrected chi connectivity index (χ4v) is 11.7. The number of fused-ring (bicyclic) bond motifs is 8. The third-order valence-corrected chi connectivity index (χ3v) is 15.0. The lowest BCUT2D eigenvalue weighted by atomic mass is 9.67. The van der Waals surface area contributed by atoms with E-state index in [0.29, 0.717) is 0 Å². The highest BCUT2D eigenvalue weighted by Crippen LogP contribution is 2.56. The maximum Gasteiger partial charge on any atom is 0.0713 e. The number of anilines is 3. The SMILES string of the molecule is c1ccc(-n2c3ccc(-c4ccc(N(c5ccc6ccccc6c5)c5ccc6ccccc6c5)cc4)cc3c3cc(-c4ccc(C5(c6ccccc6)c6ccccc6-c6ccccc65)cc4)ccc32)cc1. The highest BCUT2D eigenvalue weighted by atomic mass is 15.1. The zero-order valence-corrected chi connectivity index (χ0v) is 39.0. The van der Waals surface area contributed by atoms with Crippen LogP contribution in [0.4, 0.5) is 17.1 Å². The molecule has 0 N–H and O–H groups in total. The molecule has 13 aromatic rings. The summed E-state index contributed by atoms with van der Waals surface area (Å²) in [6.45, 7) is 0. The number of rotatable bonds is 8. The molecule has 1 aliphatic carbocycles. The summed E-state index contributed by atoms with van der Waals surface area (Å²) in [5.74, 6) is 0. The van der Waals surface area contributed by atoms with Gasteiger partial charge >= 0.3 is 0 Å². The van der Waals surface area contributed by atoms with E-state index >= 15 is 0 Å². The van der Waals surface area contributed by atoms with Gasteiger partial charge in [-0.25, -0.2) is 0 Å². The average molecular weight is 903 g/mol. The van der Waals surface area contributed by atoms with Crippen LogP contribution in [0.3, 0.4) is 0 Å². The summed E-state index contributed by atoms with van der Waals surface area (Å²) < 4.78 is 2.41. The molecule has 0 bridgehead atoms. The first-order valence-corrected chi connectivity index (χ1v) is 24.6. The first kappa shape index (κ1) is 40.8. The lowest BCUT2D eigenvalue weighted by molar-refractivity contribution is 0.768. The van der Waals surface area contributed by atoms with Crippen molar-refractivity contribution < 1.29 is 0 Å². The number of para-hydroxylation sites is 1. The zero-order chi connectivity index (χ0) is 46.9. The molecule has 0 saturated carbocycles. The molecule has 0 unspecified atom stereocenters. The second-order valence-electron chi connectivity index (χ2n) is 18.9. The largest absolute Gasteiger partial charge is 0.310 e. The van der Waals surface area contributed by atoms with Crippen molar-refractivity contribution in [2.24, 2.45) is 0 Å². The van der Waals surface area contributed by atoms with Crippen LogP contribution in [0.15, 0.2) is 279 Å². The standard InChI is InChI=1S/C69H46N2/c1-3-19-55(20-4-1)69(65-25-13-11-23-61(65)62-24-12-14-26-66(62)69)56-35-27-49(28-36-56)53-33-41-67-63(45-53)64-46-54(34-42-68(64)71(67)57-21-5-2-6-22-57)50-29-37-58(38-30-50)70(59-39-31-47-15-7-9-17-51(47)43-59)60-40-32-48-16-8-10-18-52(48)44-60/h1-46H. The van der Waals surface area contributed by atoms with Gasteiger partial charge in [0, 0.05) is 33.5 Å². The summed E-state index contributed by atoms with van der Waals surface area (Å²) in [5.41, 5.74) is 18.9. The minimum atomic E-state index is -0.431. The summed E-state index contributed by atoms with van der Waals surface area (Å²) in [6, 6.07) is 103. The van der Waals surface area contributed by atoms with Crippen molar-refractivity contribution in [1.29, 1.82) is 0 Å². The summed E-state index contributed by atoms with van der Waals surface area (Å²) in [4.78, 5) is 2.38. The van der Waals surface area contributed by atoms with E-state index in [0.717, 1.165) is 22.7 Å². The molecule has 71 heavy (non-hydrogen) atoms. The Morgan fingerprint density at radius 3 is 1.23 bits per heavy atom. The zero-order valence-electron chi connectivity index (χ0n) is 39.0. The van der Waals surface area contributed by atoms with Crippen molar-refractivity contribution >= 4 is 60.4 Å². The van der Waals surface area contributed by atoms with Crippen molar-refractivity contribution in [2.45, 2.75) is 5.41 Å². The smallest absolute Gasteiger partial charge is 0.0713 e.